The van der Waals surface area contributed by atoms with Crippen LogP contribution in [0.5, 0.6) is 0 Å². The molecule has 0 saturated carbocycles. The van der Waals surface area contributed by atoms with Crippen molar-refractivity contribution in [2.24, 2.45) is 0 Å². The Morgan fingerprint density at radius 1 is 1.19 bits per heavy atom. The van der Waals surface area contributed by atoms with Gasteiger partial charge in [-0.3, -0.25) is 9.89 Å². The quantitative estimate of drug-likeness (QED) is 0.711. The van der Waals surface area contributed by atoms with Gasteiger partial charge in [-0.05, 0) is 37.9 Å². The van der Waals surface area contributed by atoms with E-state index < -0.39 is 10.0 Å². The average Bonchev–Trinajstić information content (AvgIpc) is 3.13. The molecule has 1 aromatic carbocycles. The number of nitrogens with one attached hydrogen (secondary N) is 3. The average molecular weight is 389 g/mol. The van der Waals surface area contributed by atoms with Crippen LogP contribution in [0.25, 0.3) is 0 Å². The molecular formula is C18H23N5O3S. The molecule has 2 aromatic rings. The van der Waals surface area contributed by atoms with Crippen molar-refractivity contribution in [3.63, 3.8) is 0 Å². The van der Waals surface area contributed by atoms with E-state index in [9.17, 15) is 13.2 Å². The van der Waals surface area contributed by atoms with Gasteiger partial charge >= 0.3 is 0 Å². The summed E-state index contributed by atoms with van der Waals surface area (Å²) < 4.78 is 26.9. The first-order valence-corrected chi connectivity index (χ1v) is 10.6. The molecule has 1 fully saturated rings. The number of carbonyl (C=O) groups is 1. The number of amides is 1. The van der Waals surface area contributed by atoms with Gasteiger partial charge in [-0.2, -0.15) is 9.40 Å². The van der Waals surface area contributed by atoms with E-state index in [0.717, 1.165) is 24.2 Å². The highest BCUT2D eigenvalue weighted by molar-refractivity contribution is 7.89. The minimum Gasteiger partial charge on any atom is -0.348 e. The molecule has 3 heterocycles. The smallest absolute Gasteiger partial charge is 0.272 e. The Balaban J connectivity index is 1.37. The number of nitrogens with zero attached hydrogens (tertiary/aromatic N) is 2. The maximum absolute atomic E-state index is 12.7. The first-order chi connectivity index (χ1) is 13.1. The Bertz CT molecular complexity index is 918. The van der Waals surface area contributed by atoms with Crippen molar-refractivity contribution in [3.05, 3.63) is 47.3 Å². The number of sulfonamides is 1. The summed E-state index contributed by atoms with van der Waals surface area (Å²) in [6.07, 6.45) is 1.96. The second-order valence-electron chi connectivity index (χ2n) is 6.92. The molecule has 2 aliphatic rings. The van der Waals surface area contributed by atoms with E-state index in [1.54, 1.807) is 30.3 Å². The number of aromatic amines is 1. The Hall–Kier alpha value is -2.23. The van der Waals surface area contributed by atoms with E-state index in [1.807, 2.05) is 0 Å². The van der Waals surface area contributed by atoms with E-state index >= 15 is 0 Å². The third-order valence-corrected chi connectivity index (χ3v) is 7.10. The standard InChI is InChI=1S/C18H23N5O3S/c24-18(17-15-6-9-19-12-16(15)21-22-17)20-13-7-10-23(11-8-13)27(25,26)14-4-2-1-3-5-14/h1-5,13,19H,6-12H2,(H,20,24)(H,21,22). The lowest BCUT2D eigenvalue weighted by atomic mass is 10.0. The number of benzene rings is 1. The molecule has 0 radical (unpaired) electrons. The molecule has 0 spiro atoms. The van der Waals surface area contributed by atoms with Crippen LogP contribution in [0.15, 0.2) is 35.2 Å². The summed E-state index contributed by atoms with van der Waals surface area (Å²) >= 11 is 0. The molecule has 144 valence electrons. The highest BCUT2D eigenvalue weighted by Crippen LogP contribution is 2.21. The number of fused-ring (bicyclic) bond motifs is 1. The first-order valence-electron chi connectivity index (χ1n) is 9.18. The van der Waals surface area contributed by atoms with E-state index in [1.165, 1.54) is 4.31 Å². The Morgan fingerprint density at radius 3 is 2.67 bits per heavy atom. The number of aromatic nitrogens is 2. The summed E-state index contributed by atoms with van der Waals surface area (Å²) in [5, 5.41) is 13.4. The minimum absolute atomic E-state index is 0.0474. The zero-order valence-electron chi connectivity index (χ0n) is 14.9. The van der Waals surface area contributed by atoms with Gasteiger partial charge in [-0.15, -0.1) is 0 Å². The largest absolute Gasteiger partial charge is 0.348 e. The van der Waals surface area contributed by atoms with Crippen molar-refractivity contribution in [1.29, 1.82) is 0 Å². The summed E-state index contributed by atoms with van der Waals surface area (Å²) in [4.78, 5) is 12.9. The normalized spacial score (nSPS) is 18.8. The van der Waals surface area contributed by atoms with Crippen molar-refractivity contribution in [2.45, 2.75) is 36.7 Å². The highest BCUT2D eigenvalue weighted by Gasteiger charge is 2.31. The van der Waals surface area contributed by atoms with E-state index in [2.05, 4.69) is 20.8 Å². The predicted molar refractivity (Wildman–Crippen MR) is 99.7 cm³/mol. The van der Waals surface area contributed by atoms with Crippen LogP contribution in [-0.4, -0.2) is 54.5 Å². The monoisotopic (exact) mass is 389 g/mol. The molecule has 1 amide bonds. The predicted octanol–water partition coefficient (Wildman–Crippen LogP) is 0.639. The summed E-state index contributed by atoms with van der Waals surface area (Å²) in [5.74, 6) is -0.182. The van der Waals surface area contributed by atoms with Crippen molar-refractivity contribution in [3.8, 4) is 0 Å². The van der Waals surface area contributed by atoms with Crippen LogP contribution in [0, 0.1) is 0 Å². The molecule has 0 aliphatic carbocycles. The van der Waals surface area contributed by atoms with Gasteiger partial charge in [0.1, 0.15) is 0 Å². The van der Waals surface area contributed by atoms with Crippen LogP contribution in [-0.2, 0) is 23.0 Å². The van der Waals surface area contributed by atoms with Gasteiger partial charge in [-0.1, -0.05) is 18.2 Å². The topological polar surface area (TPSA) is 107 Å². The van der Waals surface area contributed by atoms with Gasteiger partial charge in [0.05, 0.1) is 10.6 Å². The number of hydrogen-bond donors (Lipinski definition) is 3. The fourth-order valence-corrected chi connectivity index (χ4v) is 5.16. The van der Waals surface area contributed by atoms with Gasteiger partial charge in [0, 0.05) is 31.2 Å². The molecule has 4 rings (SSSR count). The van der Waals surface area contributed by atoms with Crippen LogP contribution in [0.2, 0.25) is 0 Å². The summed E-state index contributed by atoms with van der Waals surface area (Å²) in [6.45, 7) is 2.32. The van der Waals surface area contributed by atoms with E-state index in [4.69, 9.17) is 0 Å². The summed E-state index contributed by atoms with van der Waals surface area (Å²) in [6, 6.07) is 8.41. The highest BCUT2D eigenvalue weighted by atomic mass is 32.2. The van der Waals surface area contributed by atoms with Crippen LogP contribution < -0.4 is 10.6 Å². The second-order valence-corrected chi connectivity index (χ2v) is 8.86. The molecule has 9 heteroatoms. The maximum Gasteiger partial charge on any atom is 0.272 e. The molecule has 3 N–H and O–H groups in total. The Kier molecular flexibility index (Phi) is 4.98. The van der Waals surface area contributed by atoms with Crippen molar-refractivity contribution in [1.82, 2.24) is 25.1 Å². The summed E-state index contributed by atoms with van der Waals surface area (Å²) in [7, 11) is -3.47. The first kappa shape index (κ1) is 18.1. The SMILES string of the molecule is O=C(NC1CCN(S(=O)(=O)c2ccccc2)CC1)c1n[nH]c2c1CCNC2. The molecule has 2 aliphatic heterocycles. The maximum atomic E-state index is 12.7. The molecule has 1 saturated heterocycles. The number of hydrogen-bond acceptors (Lipinski definition) is 5. The van der Waals surface area contributed by atoms with Crippen molar-refractivity contribution >= 4 is 15.9 Å². The van der Waals surface area contributed by atoms with Crippen LogP contribution in [0.3, 0.4) is 0 Å². The molecular weight excluding hydrogens is 366 g/mol. The van der Waals surface area contributed by atoms with Crippen LogP contribution in [0.4, 0.5) is 0 Å². The lowest BCUT2D eigenvalue weighted by molar-refractivity contribution is 0.0917. The van der Waals surface area contributed by atoms with Crippen LogP contribution >= 0.6 is 0 Å². The van der Waals surface area contributed by atoms with Crippen molar-refractivity contribution in [2.75, 3.05) is 19.6 Å². The lowest BCUT2D eigenvalue weighted by Gasteiger charge is -2.31. The zero-order chi connectivity index (χ0) is 18.9. The van der Waals surface area contributed by atoms with Crippen molar-refractivity contribution < 1.29 is 13.2 Å². The third-order valence-electron chi connectivity index (χ3n) is 5.19. The summed E-state index contributed by atoms with van der Waals surface area (Å²) in [5.41, 5.74) is 2.41. The number of piperidine rings is 1. The lowest BCUT2D eigenvalue weighted by Crippen LogP contribution is -2.46. The Labute approximate surface area is 158 Å². The fraction of sp³-hybridized carbons (Fsp3) is 0.444. The molecule has 27 heavy (non-hydrogen) atoms. The van der Waals surface area contributed by atoms with E-state index in [0.29, 0.717) is 43.1 Å². The zero-order valence-corrected chi connectivity index (χ0v) is 15.8. The molecule has 1 aromatic heterocycles. The van der Waals surface area contributed by atoms with Gasteiger partial charge in [0.2, 0.25) is 10.0 Å². The van der Waals surface area contributed by atoms with Crippen LogP contribution in [0.1, 0.15) is 34.6 Å². The van der Waals surface area contributed by atoms with Gasteiger partial charge in [-0.25, -0.2) is 8.42 Å². The molecule has 0 atom stereocenters. The van der Waals surface area contributed by atoms with E-state index in [-0.39, 0.29) is 11.9 Å². The van der Waals surface area contributed by atoms with Gasteiger partial charge in [0.25, 0.3) is 5.91 Å². The molecule has 0 unspecified atom stereocenters. The Morgan fingerprint density at radius 2 is 1.93 bits per heavy atom. The number of H-pyrrole nitrogens is 1. The van der Waals surface area contributed by atoms with Gasteiger partial charge < -0.3 is 10.6 Å². The number of rotatable bonds is 4. The second kappa shape index (κ2) is 7.41. The molecule has 8 nitrogen and oxygen atoms in total. The molecule has 0 bridgehead atoms. The van der Waals surface area contributed by atoms with Gasteiger partial charge in [0.15, 0.2) is 5.69 Å². The fourth-order valence-electron chi connectivity index (χ4n) is 3.67. The third kappa shape index (κ3) is 3.62. The number of carbonyl (C=O) groups excluding carboxylic acids is 1. The minimum atomic E-state index is -3.47.